The van der Waals surface area contributed by atoms with Gasteiger partial charge in [-0.15, -0.1) is 0 Å². The molecule has 1 aliphatic carbocycles. The van der Waals surface area contributed by atoms with E-state index in [2.05, 4.69) is 50.0 Å². The summed E-state index contributed by atoms with van der Waals surface area (Å²) in [5, 5.41) is 3.09. The first-order chi connectivity index (χ1) is 6.24. The van der Waals surface area contributed by atoms with E-state index >= 15 is 0 Å². The molecule has 1 aliphatic rings. The summed E-state index contributed by atoms with van der Waals surface area (Å²) in [4.78, 5) is 0. The minimum absolute atomic E-state index is 0.629. The predicted molar refractivity (Wildman–Crippen MR) is 58.1 cm³/mol. The molecular weight excluding hydrogens is 158 g/mol. The van der Waals surface area contributed by atoms with E-state index in [1.54, 1.807) is 6.20 Å². The van der Waals surface area contributed by atoms with Crippen LogP contribution in [0.15, 0.2) is 48.4 Å². The normalized spacial score (nSPS) is 16.2. The van der Waals surface area contributed by atoms with Gasteiger partial charge in [0.15, 0.2) is 0 Å². The Morgan fingerprint density at radius 3 is 2.92 bits per heavy atom. The van der Waals surface area contributed by atoms with Crippen molar-refractivity contribution < 1.29 is 0 Å². The van der Waals surface area contributed by atoms with Gasteiger partial charge < -0.3 is 5.32 Å². The van der Waals surface area contributed by atoms with Gasteiger partial charge in [0.2, 0.25) is 0 Å². The molecule has 0 spiro atoms. The third-order valence-electron chi connectivity index (χ3n) is 2.15. The summed E-state index contributed by atoms with van der Waals surface area (Å²) in [7, 11) is 0. The number of allylic oxidation sites excluding steroid dienone is 5. The third-order valence-corrected chi connectivity index (χ3v) is 2.15. The van der Waals surface area contributed by atoms with E-state index < -0.39 is 0 Å². The van der Waals surface area contributed by atoms with E-state index in [-0.39, 0.29) is 0 Å². The van der Waals surface area contributed by atoms with E-state index in [9.17, 15) is 0 Å². The summed E-state index contributed by atoms with van der Waals surface area (Å²) in [6, 6.07) is 0. The van der Waals surface area contributed by atoms with Gasteiger partial charge in [-0.3, -0.25) is 0 Å². The molecule has 0 fully saturated rings. The molecule has 0 saturated carbocycles. The Hall–Kier alpha value is -1.24. The Bertz CT molecular complexity index is 267. The molecule has 0 heterocycles. The summed E-state index contributed by atoms with van der Waals surface area (Å²) in [6.07, 6.45) is 11.3. The fraction of sp³-hybridized carbons (Fsp3) is 0.333. The fourth-order valence-corrected chi connectivity index (χ4v) is 1.29. The van der Waals surface area contributed by atoms with Crippen molar-refractivity contribution in [2.45, 2.75) is 20.3 Å². The highest BCUT2D eigenvalue weighted by Gasteiger charge is 2.02. The molecule has 0 saturated heterocycles. The van der Waals surface area contributed by atoms with E-state index in [1.165, 1.54) is 5.57 Å². The predicted octanol–water partition coefficient (Wildman–Crippen LogP) is 3.15. The molecule has 0 aliphatic heterocycles. The molecule has 0 unspecified atom stereocenters. The lowest BCUT2D eigenvalue weighted by atomic mass is 10.0. The summed E-state index contributed by atoms with van der Waals surface area (Å²) in [5.41, 5.74) is 2.60. The van der Waals surface area contributed by atoms with Gasteiger partial charge in [0.25, 0.3) is 0 Å². The van der Waals surface area contributed by atoms with Crippen LogP contribution in [0.1, 0.15) is 20.3 Å². The second-order valence-electron chi connectivity index (χ2n) is 3.47. The molecule has 0 radical (unpaired) electrons. The highest BCUT2D eigenvalue weighted by molar-refractivity contribution is 5.30. The largest absolute Gasteiger partial charge is 0.363 e. The van der Waals surface area contributed by atoms with Crippen LogP contribution in [0.5, 0.6) is 0 Å². The fourth-order valence-electron chi connectivity index (χ4n) is 1.29. The van der Waals surface area contributed by atoms with E-state index in [0.717, 1.165) is 12.1 Å². The highest BCUT2D eigenvalue weighted by Crippen LogP contribution is 2.17. The van der Waals surface area contributed by atoms with Crippen molar-refractivity contribution in [1.82, 2.24) is 5.32 Å². The van der Waals surface area contributed by atoms with E-state index in [1.807, 2.05) is 0 Å². The lowest BCUT2D eigenvalue weighted by Gasteiger charge is -2.06. The van der Waals surface area contributed by atoms with Crippen molar-refractivity contribution in [3.63, 3.8) is 0 Å². The Kier molecular flexibility index (Phi) is 3.56. The molecule has 0 aromatic carbocycles. The monoisotopic (exact) mass is 175 g/mol. The Balaban J connectivity index is 2.68. The van der Waals surface area contributed by atoms with Crippen molar-refractivity contribution >= 4 is 0 Å². The minimum Gasteiger partial charge on any atom is -0.363 e. The molecule has 1 heteroatoms. The lowest BCUT2D eigenvalue weighted by molar-refractivity contribution is 0.747. The maximum Gasteiger partial charge on any atom is 0.0342 e. The van der Waals surface area contributed by atoms with Crippen molar-refractivity contribution in [2.24, 2.45) is 5.92 Å². The minimum atomic E-state index is 0.629. The Morgan fingerprint density at radius 2 is 2.31 bits per heavy atom. The molecule has 0 aromatic heterocycles. The second-order valence-corrected chi connectivity index (χ2v) is 3.47. The van der Waals surface area contributed by atoms with E-state index in [4.69, 9.17) is 0 Å². The Labute approximate surface area is 80.5 Å². The van der Waals surface area contributed by atoms with Crippen molar-refractivity contribution in [1.29, 1.82) is 0 Å². The topological polar surface area (TPSA) is 12.0 Å². The van der Waals surface area contributed by atoms with Gasteiger partial charge in [0.1, 0.15) is 0 Å². The number of hydrogen-bond donors (Lipinski definition) is 1. The third kappa shape index (κ3) is 2.94. The van der Waals surface area contributed by atoms with Crippen molar-refractivity contribution in [3.05, 3.63) is 48.4 Å². The SMILES string of the molecule is C=CNC1=CCC(C(C)C)=CC=C1. The van der Waals surface area contributed by atoms with Crippen LogP contribution < -0.4 is 5.32 Å². The first-order valence-corrected chi connectivity index (χ1v) is 4.68. The molecule has 0 amide bonds. The van der Waals surface area contributed by atoms with Gasteiger partial charge in [0.05, 0.1) is 0 Å². The maximum absolute atomic E-state index is 3.64. The summed E-state index contributed by atoms with van der Waals surface area (Å²) < 4.78 is 0. The van der Waals surface area contributed by atoms with Crippen LogP contribution in [0.3, 0.4) is 0 Å². The van der Waals surface area contributed by atoms with Gasteiger partial charge in [-0.1, -0.05) is 44.2 Å². The molecule has 70 valence electrons. The van der Waals surface area contributed by atoms with Crippen LogP contribution in [0, 0.1) is 5.92 Å². The van der Waals surface area contributed by atoms with Crippen molar-refractivity contribution in [3.8, 4) is 0 Å². The average molecular weight is 175 g/mol. The molecule has 0 aromatic rings. The molecule has 1 rings (SSSR count). The number of nitrogens with one attached hydrogen (secondary N) is 1. The molecule has 1 N–H and O–H groups in total. The molecule has 1 nitrogen and oxygen atoms in total. The zero-order valence-corrected chi connectivity index (χ0v) is 8.38. The summed E-state index contributed by atoms with van der Waals surface area (Å²) >= 11 is 0. The highest BCUT2D eigenvalue weighted by atomic mass is 14.8. The van der Waals surface area contributed by atoms with Crippen LogP contribution in [0.25, 0.3) is 0 Å². The van der Waals surface area contributed by atoms with Gasteiger partial charge in [0, 0.05) is 5.70 Å². The molecule has 13 heavy (non-hydrogen) atoms. The van der Waals surface area contributed by atoms with Gasteiger partial charge >= 0.3 is 0 Å². The first kappa shape index (κ1) is 9.85. The van der Waals surface area contributed by atoms with Crippen LogP contribution >= 0.6 is 0 Å². The number of rotatable bonds is 3. The standard InChI is InChI=1S/C12H17N/c1-4-13-12-7-5-6-11(8-9-12)10(2)3/h4-7,9-10,13H,1,8H2,2-3H3. The Morgan fingerprint density at radius 1 is 1.54 bits per heavy atom. The summed E-state index contributed by atoms with van der Waals surface area (Å²) in [5.74, 6) is 0.629. The van der Waals surface area contributed by atoms with Gasteiger partial charge in [-0.25, -0.2) is 0 Å². The molecule has 0 bridgehead atoms. The van der Waals surface area contributed by atoms with Gasteiger partial charge in [-0.05, 0) is 24.6 Å². The van der Waals surface area contributed by atoms with Crippen LogP contribution in [-0.4, -0.2) is 0 Å². The van der Waals surface area contributed by atoms with Crippen LogP contribution in [0.2, 0.25) is 0 Å². The second kappa shape index (κ2) is 4.70. The van der Waals surface area contributed by atoms with Crippen molar-refractivity contribution in [2.75, 3.05) is 0 Å². The van der Waals surface area contributed by atoms with Crippen LogP contribution in [0.4, 0.5) is 0 Å². The maximum atomic E-state index is 3.64. The average Bonchev–Trinajstić information content (AvgIpc) is 2.30. The quantitative estimate of drug-likeness (QED) is 0.694. The zero-order chi connectivity index (χ0) is 9.68. The summed E-state index contributed by atoms with van der Waals surface area (Å²) in [6.45, 7) is 8.08. The lowest BCUT2D eigenvalue weighted by Crippen LogP contribution is -2.00. The molecule has 0 atom stereocenters. The molecular formula is C12H17N. The number of hydrogen-bond acceptors (Lipinski definition) is 1. The van der Waals surface area contributed by atoms with E-state index in [0.29, 0.717) is 5.92 Å². The smallest absolute Gasteiger partial charge is 0.0342 e. The van der Waals surface area contributed by atoms with Crippen LogP contribution in [-0.2, 0) is 0 Å². The first-order valence-electron chi connectivity index (χ1n) is 4.68. The van der Waals surface area contributed by atoms with Gasteiger partial charge in [-0.2, -0.15) is 0 Å². The zero-order valence-electron chi connectivity index (χ0n) is 8.38.